The zero-order chi connectivity index (χ0) is 17.9. The van der Waals surface area contributed by atoms with Gasteiger partial charge >= 0.3 is 5.97 Å². The Balaban J connectivity index is 1.84. The molecule has 1 heterocycles. The Labute approximate surface area is 154 Å². The van der Waals surface area contributed by atoms with E-state index >= 15 is 0 Å². The SMILES string of the molecule is CCOC(=O)C1=C2Nc3ccccc3N[C@@H](c3ccccc3)[C@H]2CCC1. The zero-order valence-electron chi connectivity index (χ0n) is 15.0. The molecule has 2 aromatic rings. The molecule has 0 aromatic heterocycles. The van der Waals surface area contributed by atoms with Crippen molar-refractivity contribution in [3.05, 3.63) is 71.4 Å². The number of carbonyl (C=O) groups excluding carboxylic acids is 1. The van der Waals surface area contributed by atoms with E-state index in [4.69, 9.17) is 4.74 Å². The maximum Gasteiger partial charge on any atom is 0.335 e. The fourth-order valence-corrected chi connectivity index (χ4v) is 4.04. The molecule has 26 heavy (non-hydrogen) atoms. The first-order chi connectivity index (χ1) is 12.8. The summed E-state index contributed by atoms with van der Waals surface area (Å²) in [4.78, 5) is 12.6. The second-order valence-corrected chi connectivity index (χ2v) is 6.81. The molecular weight excluding hydrogens is 324 g/mol. The topological polar surface area (TPSA) is 50.4 Å². The molecule has 0 radical (unpaired) electrons. The van der Waals surface area contributed by atoms with Crippen LogP contribution >= 0.6 is 0 Å². The Morgan fingerprint density at radius 2 is 1.81 bits per heavy atom. The lowest BCUT2D eigenvalue weighted by Crippen LogP contribution is -2.28. The van der Waals surface area contributed by atoms with Gasteiger partial charge in [-0.3, -0.25) is 0 Å². The van der Waals surface area contributed by atoms with Crippen LogP contribution in [0.5, 0.6) is 0 Å². The fourth-order valence-electron chi connectivity index (χ4n) is 4.04. The minimum Gasteiger partial charge on any atom is -0.463 e. The molecule has 2 aromatic carbocycles. The summed E-state index contributed by atoms with van der Waals surface area (Å²) < 4.78 is 5.34. The van der Waals surface area contributed by atoms with Crippen LogP contribution in [-0.2, 0) is 9.53 Å². The van der Waals surface area contributed by atoms with Crippen molar-refractivity contribution in [2.24, 2.45) is 5.92 Å². The summed E-state index contributed by atoms with van der Waals surface area (Å²) in [6, 6.07) is 18.8. The third-order valence-corrected chi connectivity index (χ3v) is 5.23. The van der Waals surface area contributed by atoms with E-state index in [2.05, 4.69) is 47.0 Å². The predicted octanol–water partition coefficient (Wildman–Crippen LogP) is 4.88. The van der Waals surface area contributed by atoms with E-state index in [9.17, 15) is 4.79 Å². The Bertz CT molecular complexity index is 829. The number of hydrogen-bond donors (Lipinski definition) is 2. The molecule has 2 atom stereocenters. The molecule has 1 aliphatic heterocycles. The van der Waals surface area contributed by atoms with Crippen molar-refractivity contribution in [2.75, 3.05) is 17.2 Å². The summed E-state index contributed by atoms with van der Waals surface area (Å²) in [7, 11) is 0. The fraction of sp³-hybridized carbons (Fsp3) is 0.318. The third-order valence-electron chi connectivity index (χ3n) is 5.23. The predicted molar refractivity (Wildman–Crippen MR) is 104 cm³/mol. The van der Waals surface area contributed by atoms with Crippen LogP contribution in [0.1, 0.15) is 37.8 Å². The average molecular weight is 348 g/mol. The van der Waals surface area contributed by atoms with Gasteiger partial charge in [0.1, 0.15) is 0 Å². The van der Waals surface area contributed by atoms with Crippen molar-refractivity contribution in [2.45, 2.75) is 32.2 Å². The van der Waals surface area contributed by atoms with E-state index in [-0.39, 0.29) is 17.9 Å². The highest BCUT2D eigenvalue weighted by Crippen LogP contribution is 2.44. The maximum absolute atomic E-state index is 12.6. The lowest BCUT2D eigenvalue weighted by atomic mass is 9.80. The highest BCUT2D eigenvalue weighted by atomic mass is 16.5. The first-order valence-corrected chi connectivity index (χ1v) is 9.35. The highest BCUT2D eigenvalue weighted by Gasteiger charge is 2.36. The van der Waals surface area contributed by atoms with Crippen molar-refractivity contribution in [1.29, 1.82) is 0 Å². The molecule has 2 N–H and O–H groups in total. The van der Waals surface area contributed by atoms with Gasteiger partial charge in [-0.2, -0.15) is 0 Å². The second-order valence-electron chi connectivity index (χ2n) is 6.81. The summed E-state index contributed by atoms with van der Waals surface area (Å²) in [5.74, 6) is 0.0175. The quantitative estimate of drug-likeness (QED) is 0.776. The van der Waals surface area contributed by atoms with Gasteiger partial charge in [0.05, 0.1) is 29.6 Å². The van der Waals surface area contributed by atoms with E-state index < -0.39 is 0 Å². The molecule has 1 aliphatic carbocycles. The molecule has 2 aliphatic rings. The molecular formula is C22H24N2O2. The normalized spacial score (nSPS) is 21.6. The third kappa shape index (κ3) is 3.07. The van der Waals surface area contributed by atoms with Gasteiger partial charge in [-0.1, -0.05) is 42.5 Å². The van der Waals surface area contributed by atoms with E-state index in [1.54, 1.807) is 0 Å². The molecule has 0 spiro atoms. The number of benzene rings is 2. The summed E-state index contributed by atoms with van der Waals surface area (Å²) >= 11 is 0. The van der Waals surface area contributed by atoms with Crippen LogP contribution in [0.25, 0.3) is 0 Å². The van der Waals surface area contributed by atoms with Crippen LogP contribution in [0.2, 0.25) is 0 Å². The Kier molecular flexibility index (Phi) is 4.65. The van der Waals surface area contributed by atoms with Crippen molar-refractivity contribution in [3.63, 3.8) is 0 Å². The summed E-state index contributed by atoms with van der Waals surface area (Å²) in [5.41, 5.74) is 5.11. The van der Waals surface area contributed by atoms with Gasteiger partial charge < -0.3 is 15.4 Å². The monoisotopic (exact) mass is 348 g/mol. The van der Waals surface area contributed by atoms with Gasteiger partial charge in [0.25, 0.3) is 0 Å². The molecule has 0 saturated carbocycles. The molecule has 4 nitrogen and oxygen atoms in total. The second kappa shape index (κ2) is 7.24. The van der Waals surface area contributed by atoms with Crippen LogP contribution in [0.15, 0.2) is 65.9 Å². The summed E-state index contributed by atoms with van der Waals surface area (Å²) in [6.45, 7) is 2.25. The molecule has 4 rings (SSSR count). The lowest BCUT2D eigenvalue weighted by Gasteiger charge is -2.32. The van der Waals surface area contributed by atoms with Crippen molar-refractivity contribution in [3.8, 4) is 0 Å². The summed E-state index contributed by atoms with van der Waals surface area (Å²) in [5, 5.41) is 7.28. The van der Waals surface area contributed by atoms with E-state index in [1.165, 1.54) is 5.56 Å². The molecule has 0 amide bonds. The number of anilines is 2. The minimum atomic E-state index is -0.189. The van der Waals surface area contributed by atoms with Gasteiger partial charge in [0, 0.05) is 11.6 Å². The van der Waals surface area contributed by atoms with Gasteiger partial charge in [-0.25, -0.2) is 4.79 Å². The maximum atomic E-state index is 12.6. The Morgan fingerprint density at radius 3 is 2.58 bits per heavy atom. The van der Waals surface area contributed by atoms with Crippen LogP contribution in [0, 0.1) is 5.92 Å². The van der Waals surface area contributed by atoms with E-state index in [1.807, 2.05) is 25.1 Å². The molecule has 0 saturated heterocycles. The molecule has 0 unspecified atom stereocenters. The summed E-state index contributed by atoms with van der Waals surface area (Å²) in [6.07, 6.45) is 2.79. The Hall–Kier alpha value is -2.75. The Morgan fingerprint density at radius 1 is 1.08 bits per heavy atom. The number of nitrogens with one attached hydrogen (secondary N) is 2. The van der Waals surface area contributed by atoms with Crippen molar-refractivity contribution in [1.82, 2.24) is 0 Å². The highest BCUT2D eigenvalue weighted by molar-refractivity contribution is 5.91. The van der Waals surface area contributed by atoms with Gasteiger partial charge in [-0.15, -0.1) is 0 Å². The molecule has 0 fully saturated rings. The number of fused-ring (bicyclic) bond motifs is 2. The van der Waals surface area contributed by atoms with Crippen LogP contribution < -0.4 is 10.6 Å². The molecule has 134 valence electrons. The van der Waals surface area contributed by atoms with Crippen molar-refractivity contribution < 1.29 is 9.53 Å². The van der Waals surface area contributed by atoms with Crippen LogP contribution in [0.4, 0.5) is 11.4 Å². The van der Waals surface area contributed by atoms with E-state index in [0.29, 0.717) is 6.61 Å². The average Bonchev–Trinajstić information content (AvgIpc) is 2.85. The van der Waals surface area contributed by atoms with Crippen LogP contribution in [0.3, 0.4) is 0 Å². The molecule has 0 bridgehead atoms. The number of rotatable bonds is 3. The number of esters is 1. The largest absolute Gasteiger partial charge is 0.463 e. The van der Waals surface area contributed by atoms with Gasteiger partial charge in [-0.05, 0) is 43.9 Å². The van der Waals surface area contributed by atoms with Crippen molar-refractivity contribution >= 4 is 17.3 Å². The standard InChI is InChI=1S/C22H24N2O2/c1-2-26-22(25)17-12-8-11-16-20(15-9-4-3-5-10-15)23-18-13-6-7-14-19(18)24-21(16)17/h3-7,9-10,13-14,16,20,23-24H,2,8,11-12H2,1H3/t16-,20+/m1/s1. The lowest BCUT2D eigenvalue weighted by molar-refractivity contribution is -0.138. The number of hydrogen-bond acceptors (Lipinski definition) is 4. The number of para-hydroxylation sites is 2. The number of ether oxygens (including phenoxy) is 1. The first kappa shape index (κ1) is 16.7. The zero-order valence-corrected chi connectivity index (χ0v) is 15.0. The van der Waals surface area contributed by atoms with Crippen LogP contribution in [-0.4, -0.2) is 12.6 Å². The van der Waals surface area contributed by atoms with Gasteiger partial charge in [0.2, 0.25) is 0 Å². The number of carbonyl (C=O) groups is 1. The minimum absolute atomic E-state index is 0.118. The first-order valence-electron chi connectivity index (χ1n) is 9.35. The smallest absolute Gasteiger partial charge is 0.335 e. The van der Waals surface area contributed by atoms with E-state index in [0.717, 1.165) is 41.9 Å². The van der Waals surface area contributed by atoms with Gasteiger partial charge in [0.15, 0.2) is 0 Å². The molecule has 4 heteroatoms.